The first-order valence-electron chi connectivity index (χ1n) is 15.9. The van der Waals surface area contributed by atoms with Gasteiger partial charge >= 0.3 is 23.9 Å². The second kappa shape index (κ2) is 34.8. The molecule has 0 aromatic rings. The molecule has 0 saturated heterocycles. The topological polar surface area (TPSA) is 292 Å². The van der Waals surface area contributed by atoms with Crippen molar-refractivity contribution in [2.24, 2.45) is 28.3 Å². The summed E-state index contributed by atoms with van der Waals surface area (Å²) in [5.74, 6) is -2.18. The third-order valence-electron chi connectivity index (χ3n) is 5.73. The molecular formula is C29H56N4O17. The quantitative estimate of drug-likeness (QED) is 0.0205. The molecular weight excluding hydrogens is 676 g/mol. The first-order valence-corrected chi connectivity index (χ1v) is 15.9. The fraction of sp³-hybridized carbons (Fsp3) is 0.862. The summed E-state index contributed by atoms with van der Waals surface area (Å²) in [7, 11) is 0. The van der Waals surface area contributed by atoms with Crippen LogP contribution in [0.1, 0.15) is 0 Å². The summed E-state index contributed by atoms with van der Waals surface area (Å²) in [5, 5.41) is 0. The predicted octanol–water partition coefficient (Wildman–Crippen LogP) is -3.96. The minimum atomic E-state index is -0.835. The minimum absolute atomic E-state index is 0.0145. The van der Waals surface area contributed by atoms with Gasteiger partial charge in [-0.1, -0.05) is 0 Å². The summed E-state index contributed by atoms with van der Waals surface area (Å²) in [5.41, 5.74) is 19.9. The third kappa shape index (κ3) is 30.2. The van der Waals surface area contributed by atoms with E-state index in [1.54, 1.807) is 0 Å². The van der Waals surface area contributed by atoms with Crippen molar-refractivity contribution in [1.82, 2.24) is 0 Å². The van der Waals surface area contributed by atoms with E-state index in [4.69, 9.17) is 84.5 Å². The number of ether oxygens (including phenoxy) is 13. The normalized spacial score (nSPS) is 11.4. The lowest BCUT2D eigenvalue weighted by Gasteiger charge is -2.33. The summed E-state index contributed by atoms with van der Waals surface area (Å²) in [6, 6.07) is 0. The van der Waals surface area contributed by atoms with Crippen molar-refractivity contribution in [3.05, 3.63) is 0 Å². The minimum Gasteiger partial charge on any atom is -0.462 e. The fourth-order valence-electron chi connectivity index (χ4n) is 3.31. The fourth-order valence-corrected chi connectivity index (χ4v) is 3.31. The SMILES string of the molecule is NCC(=O)OCCOCCOCC(COCCOCCOCOC(=O)CN)(COCCOCCOC(=O)CN)COCOCCOC(=O)CN. The van der Waals surface area contributed by atoms with Crippen LogP contribution in [0.3, 0.4) is 0 Å². The van der Waals surface area contributed by atoms with Crippen LogP contribution in [0, 0.1) is 5.41 Å². The van der Waals surface area contributed by atoms with E-state index in [0.29, 0.717) is 0 Å². The standard InChI is InChI=1S/C29H56N4O17/c30-15-25(34)47-12-9-39-2-6-42-20-29(22-46-23-44-11-14-49-27(36)17-32,21-43-7-3-40-10-13-48-26(35)16-31)19-41-5-1-38-4-8-45-24-50-28(37)18-33/h1-24,30-33H2. The Hall–Kier alpha value is -2.64. The Morgan fingerprint density at radius 1 is 0.320 bits per heavy atom. The lowest BCUT2D eigenvalue weighted by Crippen LogP contribution is -2.42. The van der Waals surface area contributed by atoms with Crippen molar-refractivity contribution >= 4 is 23.9 Å². The zero-order chi connectivity index (χ0) is 37.0. The van der Waals surface area contributed by atoms with Gasteiger partial charge in [-0.15, -0.1) is 0 Å². The molecule has 294 valence electrons. The van der Waals surface area contributed by atoms with Crippen LogP contribution in [0.5, 0.6) is 0 Å². The van der Waals surface area contributed by atoms with Crippen LogP contribution in [0.25, 0.3) is 0 Å². The molecule has 0 unspecified atom stereocenters. The Bertz CT molecular complexity index is 827. The maximum absolute atomic E-state index is 11.2. The Balaban J connectivity index is 5.00. The number of esters is 4. The highest BCUT2D eigenvalue weighted by molar-refractivity contribution is 5.72. The molecule has 0 aromatic heterocycles. The van der Waals surface area contributed by atoms with Crippen LogP contribution in [0.2, 0.25) is 0 Å². The van der Waals surface area contributed by atoms with Gasteiger partial charge in [-0.3, -0.25) is 19.2 Å². The van der Waals surface area contributed by atoms with Gasteiger partial charge in [0.15, 0.2) is 6.79 Å². The summed E-state index contributed by atoms with van der Waals surface area (Å²) < 4.78 is 69.7. The molecule has 0 aliphatic carbocycles. The zero-order valence-corrected chi connectivity index (χ0v) is 28.7. The van der Waals surface area contributed by atoms with Gasteiger partial charge in [0.1, 0.15) is 26.6 Å². The summed E-state index contributed by atoms with van der Waals surface area (Å²) >= 11 is 0. The van der Waals surface area contributed by atoms with E-state index in [0.717, 1.165) is 0 Å². The molecule has 0 fully saturated rings. The van der Waals surface area contributed by atoms with E-state index in [-0.39, 0.29) is 159 Å². The number of carbonyl (C=O) groups is 4. The Kier molecular flexibility index (Phi) is 33.0. The van der Waals surface area contributed by atoms with Crippen LogP contribution >= 0.6 is 0 Å². The van der Waals surface area contributed by atoms with Crippen LogP contribution in [0.4, 0.5) is 0 Å². The second-order valence-electron chi connectivity index (χ2n) is 9.89. The highest BCUT2D eigenvalue weighted by atomic mass is 16.7. The second-order valence-corrected chi connectivity index (χ2v) is 9.89. The average Bonchev–Trinajstić information content (AvgIpc) is 3.13. The van der Waals surface area contributed by atoms with Crippen molar-refractivity contribution in [1.29, 1.82) is 0 Å². The van der Waals surface area contributed by atoms with Gasteiger partial charge in [0.05, 0.1) is 131 Å². The van der Waals surface area contributed by atoms with Crippen molar-refractivity contribution in [2.45, 2.75) is 0 Å². The van der Waals surface area contributed by atoms with E-state index in [1.165, 1.54) is 0 Å². The lowest BCUT2D eigenvalue weighted by atomic mass is 9.92. The Morgan fingerprint density at radius 3 is 1.00 bits per heavy atom. The van der Waals surface area contributed by atoms with Gasteiger partial charge in [0.2, 0.25) is 0 Å². The van der Waals surface area contributed by atoms with Crippen molar-refractivity contribution in [2.75, 3.05) is 159 Å². The van der Waals surface area contributed by atoms with Crippen molar-refractivity contribution in [3.63, 3.8) is 0 Å². The van der Waals surface area contributed by atoms with Gasteiger partial charge in [-0.05, 0) is 0 Å². The highest BCUT2D eigenvalue weighted by Crippen LogP contribution is 2.21. The number of rotatable bonds is 37. The molecule has 8 N–H and O–H groups in total. The summed E-state index contributed by atoms with van der Waals surface area (Å²) in [6.07, 6.45) is 0. The summed E-state index contributed by atoms with van der Waals surface area (Å²) in [6.45, 7) is 1.49. The highest BCUT2D eigenvalue weighted by Gasteiger charge is 2.32. The Labute approximate surface area is 291 Å². The maximum Gasteiger partial charge on any atom is 0.321 e. The van der Waals surface area contributed by atoms with E-state index < -0.39 is 29.3 Å². The Morgan fingerprint density at radius 2 is 0.600 bits per heavy atom. The van der Waals surface area contributed by atoms with Gasteiger partial charge < -0.3 is 84.5 Å². The number of hydrogen-bond acceptors (Lipinski definition) is 21. The van der Waals surface area contributed by atoms with Crippen molar-refractivity contribution in [3.8, 4) is 0 Å². The molecule has 0 amide bonds. The molecule has 0 rings (SSSR count). The smallest absolute Gasteiger partial charge is 0.321 e. The number of carbonyl (C=O) groups excluding carboxylic acids is 4. The van der Waals surface area contributed by atoms with Crippen LogP contribution in [-0.4, -0.2) is 183 Å². The monoisotopic (exact) mass is 732 g/mol. The largest absolute Gasteiger partial charge is 0.462 e. The molecule has 0 heterocycles. The number of hydrogen-bond donors (Lipinski definition) is 4. The van der Waals surface area contributed by atoms with Gasteiger partial charge in [-0.2, -0.15) is 0 Å². The van der Waals surface area contributed by atoms with Crippen LogP contribution < -0.4 is 22.9 Å². The van der Waals surface area contributed by atoms with Gasteiger partial charge in [0.25, 0.3) is 0 Å². The molecule has 0 aliphatic heterocycles. The van der Waals surface area contributed by atoms with E-state index in [9.17, 15) is 19.2 Å². The first kappa shape index (κ1) is 47.4. The molecule has 21 heteroatoms. The average molecular weight is 733 g/mol. The van der Waals surface area contributed by atoms with Crippen LogP contribution in [0.15, 0.2) is 0 Å². The predicted molar refractivity (Wildman–Crippen MR) is 170 cm³/mol. The number of nitrogens with two attached hydrogens (primary N) is 4. The maximum atomic E-state index is 11.2. The van der Waals surface area contributed by atoms with E-state index >= 15 is 0 Å². The van der Waals surface area contributed by atoms with E-state index in [1.807, 2.05) is 0 Å². The van der Waals surface area contributed by atoms with Crippen LogP contribution in [-0.2, 0) is 80.8 Å². The molecule has 50 heavy (non-hydrogen) atoms. The molecule has 21 nitrogen and oxygen atoms in total. The van der Waals surface area contributed by atoms with Gasteiger partial charge in [-0.25, -0.2) is 0 Å². The molecule has 0 bridgehead atoms. The van der Waals surface area contributed by atoms with Crippen molar-refractivity contribution < 1.29 is 80.8 Å². The lowest BCUT2D eigenvalue weighted by molar-refractivity contribution is -0.157. The zero-order valence-electron chi connectivity index (χ0n) is 28.7. The first-order chi connectivity index (χ1) is 24.3. The molecule has 0 radical (unpaired) electrons. The van der Waals surface area contributed by atoms with Gasteiger partial charge in [0, 0.05) is 0 Å². The molecule has 0 aliphatic rings. The molecule has 0 aromatic carbocycles. The summed E-state index contributed by atoms with van der Waals surface area (Å²) in [4.78, 5) is 44.5. The molecule has 0 saturated carbocycles. The third-order valence-corrected chi connectivity index (χ3v) is 5.73. The molecule has 0 spiro atoms. The molecule has 0 atom stereocenters. The van der Waals surface area contributed by atoms with E-state index in [2.05, 4.69) is 0 Å².